The number of morpholine rings is 1. The van der Waals surface area contributed by atoms with Crippen molar-refractivity contribution < 1.29 is 41.1 Å². The molecule has 4 rings (SSSR count). The number of rotatable bonds is 9. The Morgan fingerprint density at radius 2 is 1.64 bits per heavy atom. The molecule has 0 saturated carbocycles. The molecule has 11 nitrogen and oxygen atoms in total. The number of hydrogen-bond donors (Lipinski definition) is 1. The molecule has 0 aromatic heterocycles. The van der Waals surface area contributed by atoms with Gasteiger partial charge in [0, 0.05) is 30.8 Å². The van der Waals surface area contributed by atoms with Crippen LogP contribution in [0.5, 0.6) is 28.7 Å². The molecule has 194 valence electrons. The van der Waals surface area contributed by atoms with Crippen molar-refractivity contribution in [1.82, 2.24) is 5.32 Å². The molecule has 2 atom stereocenters. The Hall–Kier alpha value is -3.48. The molecule has 2 heterocycles. The second-order valence-corrected chi connectivity index (χ2v) is 9.66. The average molecular weight is 521 g/mol. The van der Waals surface area contributed by atoms with Crippen LogP contribution in [0.1, 0.15) is 11.6 Å². The number of hydrogen-bond acceptors (Lipinski definition) is 10. The smallest absolute Gasteiger partial charge is 0.338 e. The molecule has 12 heteroatoms. The van der Waals surface area contributed by atoms with Gasteiger partial charge in [0.05, 0.1) is 46.8 Å². The van der Waals surface area contributed by atoms with Gasteiger partial charge in [0.15, 0.2) is 23.0 Å². The fourth-order valence-corrected chi connectivity index (χ4v) is 5.21. The minimum absolute atomic E-state index is 0.0267. The maximum Gasteiger partial charge on any atom is 0.338 e. The topological polar surface area (TPSA) is 122 Å². The van der Waals surface area contributed by atoms with Crippen LogP contribution in [0.3, 0.4) is 0 Å². The molecule has 1 N–H and O–H groups in total. The second kappa shape index (κ2) is 10.2. The molecule has 2 aliphatic heterocycles. The molecular formula is C24H28N2O9S. The van der Waals surface area contributed by atoms with Gasteiger partial charge >= 0.3 is 10.1 Å². The monoisotopic (exact) mass is 520 g/mol. The highest BCUT2D eigenvalue weighted by Crippen LogP contribution is 2.48. The summed E-state index contributed by atoms with van der Waals surface area (Å²) in [6, 6.07) is 7.51. The van der Waals surface area contributed by atoms with Crippen LogP contribution >= 0.6 is 0 Å². The number of benzene rings is 2. The summed E-state index contributed by atoms with van der Waals surface area (Å²) in [7, 11) is 1.72. The molecule has 36 heavy (non-hydrogen) atoms. The summed E-state index contributed by atoms with van der Waals surface area (Å²) in [4.78, 5) is 14.4. The summed E-state index contributed by atoms with van der Waals surface area (Å²) >= 11 is 0. The van der Waals surface area contributed by atoms with Crippen LogP contribution in [0.2, 0.25) is 0 Å². The van der Waals surface area contributed by atoms with Gasteiger partial charge in [-0.2, -0.15) is 8.42 Å². The maximum absolute atomic E-state index is 12.9. The van der Waals surface area contributed by atoms with Gasteiger partial charge in [0.25, 0.3) is 5.91 Å². The van der Waals surface area contributed by atoms with Crippen molar-refractivity contribution in [3.63, 3.8) is 0 Å². The molecule has 0 spiro atoms. The Labute approximate surface area is 209 Å². The van der Waals surface area contributed by atoms with Crippen molar-refractivity contribution in [3.8, 4) is 28.7 Å². The van der Waals surface area contributed by atoms with Gasteiger partial charge in [-0.1, -0.05) is 12.6 Å². The molecule has 1 unspecified atom stereocenters. The second-order valence-electron chi connectivity index (χ2n) is 7.98. The van der Waals surface area contributed by atoms with Crippen LogP contribution in [0.4, 0.5) is 5.69 Å². The number of methoxy groups -OCH3 is 4. The highest BCUT2D eigenvalue weighted by molar-refractivity contribution is 7.87. The molecular weight excluding hydrogens is 492 g/mol. The van der Waals surface area contributed by atoms with E-state index in [4.69, 9.17) is 27.9 Å². The third-order valence-corrected chi connectivity index (χ3v) is 7.29. The van der Waals surface area contributed by atoms with E-state index in [1.165, 1.54) is 39.4 Å². The molecule has 0 aliphatic carbocycles. The molecule has 1 amide bonds. The minimum Gasteiger partial charge on any atom is -0.493 e. The van der Waals surface area contributed by atoms with Gasteiger partial charge in [-0.3, -0.25) is 9.69 Å². The van der Waals surface area contributed by atoms with Crippen LogP contribution in [0.15, 0.2) is 42.5 Å². The molecule has 0 radical (unpaired) electrons. The Balaban J connectivity index is 1.71. The van der Waals surface area contributed by atoms with Gasteiger partial charge in [0.1, 0.15) is 0 Å². The van der Waals surface area contributed by atoms with Crippen LogP contribution in [-0.4, -0.2) is 67.9 Å². The van der Waals surface area contributed by atoms with Crippen LogP contribution in [0.25, 0.3) is 0 Å². The Morgan fingerprint density at radius 1 is 0.972 bits per heavy atom. The zero-order chi connectivity index (χ0) is 26.0. The summed E-state index contributed by atoms with van der Waals surface area (Å²) in [6.07, 6.45) is 0. The van der Waals surface area contributed by atoms with Gasteiger partial charge in [-0.15, -0.1) is 0 Å². The fourth-order valence-electron chi connectivity index (χ4n) is 4.14. The fraction of sp³-hybridized carbons (Fsp3) is 0.375. The quantitative estimate of drug-likeness (QED) is 0.299. The lowest BCUT2D eigenvalue weighted by Gasteiger charge is -2.42. The van der Waals surface area contributed by atoms with E-state index >= 15 is 0 Å². The zero-order valence-corrected chi connectivity index (χ0v) is 21.2. The van der Waals surface area contributed by atoms with Crippen LogP contribution < -0.4 is 33.3 Å². The van der Waals surface area contributed by atoms with Crippen molar-refractivity contribution >= 4 is 21.7 Å². The lowest BCUT2D eigenvalue weighted by molar-refractivity contribution is -0.119. The third kappa shape index (κ3) is 4.54. The van der Waals surface area contributed by atoms with Gasteiger partial charge in [-0.25, -0.2) is 0 Å². The number of carbonyl (C=O) groups is 1. The normalized spacial score (nSPS) is 19.9. The van der Waals surface area contributed by atoms with Gasteiger partial charge in [-0.05, 0) is 17.7 Å². The maximum atomic E-state index is 12.9. The predicted molar refractivity (Wildman–Crippen MR) is 131 cm³/mol. The number of nitrogens with one attached hydrogen (secondary N) is 1. The van der Waals surface area contributed by atoms with E-state index < -0.39 is 21.6 Å². The number of nitrogens with zero attached hydrogens (tertiary/aromatic N) is 1. The van der Waals surface area contributed by atoms with Crippen LogP contribution in [-0.2, 0) is 19.6 Å². The zero-order valence-electron chi connectivity index (χ0n) is 20.4. The largest absolute Gasteiger partial charge is 0.493 e. The summed E-state index contributed by atoms with van der Waals surface area (Å²) in [5, 5.41) is 2.96. The molecule has 2 aromatic carbocycles. The SMILES string of the molecule is C=C1C(=O)N(c2cc(OC)c(OC)c(OC)c2)[C@H]1c1ccc(OC)c(OS(=O)(=O)C2CNCCO2)c1. The highest BCUT2D eigenvalue weighted by Gasteiger charge is 2.44. The Kier molecular flexibility index (Phi) is 7.29. The number of anilines is 1. The first kappa shape index (κ1) is 25.6. The summed E-state index contributed by atoms with van der Waals surface area (Å²) in [5.41, 5.74) is 0.222. The first-order valence-corrected chi connectivity index (χ1v) is 12.5. The van der Waals surface area contributed by atoms with E-state index in [2.05, 4.69) is 11.9 Å². The van der Waals surface area contributed by atoms with E-state index in [1.54, 1.807) is 24.3 Å². The van der Waals surface area contributed by atoms with Gasteiger partial charge in [0.2, 0.25) is 11.2 Å². The van der Waals surface area contributed by atoms with Crippen molar-refractivity contribution in [2.45, 2.75) is 11.5 Å². The summed E-state index contributed by atoms with van der Waals surface area (Å²) in [6.45, 7) is 4.82. The summed E-state index contributed by atoms with van der Waals surface area (Å²) < 4.78 is 57.9. The lowest BCUT2D eigenvalue weighted by Crippen LogP contribution is -2.48. The molecule has 2 saturated heterocycles. The third-order valence-electron chi connectivity index (χ3n) is 5.93. The minimum atomic E-state index is -4.13. The number of carbonyl (C=O) groups excluding carboxylic acids is 1. The van der Waals surface area contributed by atoms with E-state index in [0.717, 1.165) is 0 Å². The van der Waals surface area contributed by atoms with Crippen molar-refractivity contribution in [2.75, 3.05) is 53.0 Å². The van der Waals surface area contributed by atoms with E-state index in [9.17, 15) is 13.2 Å². The number of ether oxygens (including phenoxy) is 5. The predicted octanol–water partition coefficient (Wildman–Crippen LogP) is 2.02. The van der Waals surface area contributed by atoms with Gasteiger partial charge < -0.3 is 33.2 Å². The van der Waals surface area contributed by atoms with E-state index in [0.29, 0.717) is 40.6 Å². The molecule has 2 aromatic rings. The van der Waals surface area contributed by atoms with Crippen molar-refractivity contribution in [1.29, 1.82) is 0 Å². The highest BCUT2D eigenvalue weighted by atomic mass is 32.2. The van der Waals surface area contributed by atoms with Crippen molar-refractivity contribution in [3.05, 3.63) is 48.0 Å². The molecule has 2 aliphatic rings. The lowest BCUT2D eigenvalue weighted by atomic mass is 9.88. The molecule has 2 fully saturated rings. The average Bonchev–Trinajstić information content (AvgIpc) is 2.90. The van der Waals surface area contributed by atoms with Crippen molar-refractivity contribution in [2.24, 2.45) is 0 Å². The van der Waals surface area contributed by atoms with Crippen LogP contribution in [0, 0.1) is 0 Å². The first-order chi connectivity index (χ1) is 17.2. The van der Waals surface area contributed by atoms with E-state index in [1.807, 2.05) is 0 Å². The van der Waals surface area contributed by atoms with E-state index in [-0.39, 0.29) is 30.6 Å². The Bertz CT molecular complexity index is 1250. The standard InChI is InChI=1S/C24H28N2O9S/c1-14-22(26(24(14)27)16-11-19(31-3)23(33-5)20(12-16)32-4)15-6-7-17(30-2)18(10-15)35-36(28,29)21-13-25-8-9-34-21/h6-7,10-12,21-22,25H,1,8-9,13H2,2-5H3/t21?,22-/m1/s1. The Morgan fingerprint density at radius 3 is 2.19 bits per heavy atom. The molecule has 0 bridgehead atoms. The summed E-state index contributed by atoms with van der Waals surface area (Å²) in [5.74, 6) is 1.02. The number of β-lactam (4-membered cyclic amide) rings is 1. The number of amides is 1. The first-order valence-electron chi connectivity index (χ1n) is 11.0.